The highest BCUT2D eigenvalue weighted by molar-refractivity contribution is 5.94. The lowest BCUT2D eigenvalue weighted by molar-refractivity contribution is -0.121. The van der Waals surface area contributed by atoms with Gasteiger partial charge in [0.15, 0.2) is 5.78 Å². The van der Waals surface area contributed by atoms with Crippen LogP contribution in [0.15, 0.2) is 42.5 Å². The predicted molar refractivity (Wildman–Crippen MR) is 122 cm³/mol. The summed E-state index contributed by atoms with van der Waals surface area (Å²) in [5, 5.41) is 13.4. The molecule has 0 heterocycles. The fraction of sp³-hybridized carbons (Fsp3) is 0.615. The third-order valence-electron chi connectivity index (χ3n) is 6.37. The van der Waals surface area contributed by atoms with Crippen LogP contribution in [0.1, 0.15) is 64.7 Å². The number of benzene rings is 1. The molecule has 1 amide bonds. The number of hydrogen-bond acceptors (Lipinski definition) is 4. The minimum absolute atomic E-state index is 0.0457. The number of allylic oxidation sites excluding steroid dienone is 2. The highest BCUT2D eigenvalue weighted by atomic mass is 16.5. The zero-order valence-electron chi connectivity index (χ0n) is 18.7. The van der Waals surface area contributed by atoms with Gasteiger partial charge in [-0.15, -0.1) is 0 Å². The number of aliphatic hydroxyl groups is 1. The molecule has 1 saturated carbocycles. The summed E-state index contributed by atoms with van der Waals surface area (Å²) in [7, 11) is 0. The lowest BCUT2D eigenvalue weighted by Crippen LogP contribution is -2.29. The van der Waals surface area contributed by atoms with Gasteiger partial charge < -0.3 is 15.2 Å². The summed E-state index contributed by atoms with van der Waals surface area (Å²) < 4.78 is 5.65. The summed E-state index contributed by atoms with van der Waals surface area (Å²) in [6, 6.07) is 9.92. The number of nitrogens with one attached hydrogen (secondary N) is 1. The third kappa shape index (κ3) is 8.13. The van der Waals surface area contributed by atoms with Crippen molar-refractivity contribution in [1.29, 1.82) is 0 Å². The van der Waals surface area contributed by atoms with E-state index in [1.54, 1.807) is 6.08 Å². The molecule has 5 heteroatoms. The van der Waals surface area contributed by atoms with Crippen LogP contribution in [-0.4, -0.2) is 35.5 Å². The maximum atomic E-state index is 12.4. The average molecular weight is 428 g/mol. The largest absolute Gasteiger partial charge is 0.491 e. The van der Waals surface area contributed by atoms with Crippen molar-refractivity contribution in [3.63, 3.8) is 0 Å². The Kier molecular flexibility index (Phi) is 9.13. The molecule has 5 nitrogen and oxygen atoms in total. The van der Waals surface area contributed by atoms with E-state index >= 15 is 0 Å². The van der Waals surface area contributed by atoms with Gasteiger partial charge >= 0.3 is 0 Å². The van der Waals surface area contributed by atoms with Crippen molar-refractivity contribution in [2.24, 2.45) is 17.8 Å². The summed E-state index contributed by atoms with van der Waals surface area (Å²) >= 11 is 0. The van der Waals surface area contributed by atoms with Gasteiger partial charge in [-0.05, 0) is 62.1 Å². The summed E-state index contributed by atoms with van der Waals surface area (Å²) in [6.45, 7) is 2.30. The molecule has 1 fully saturated rings. The number of unbranched alkanes of at least 4 members (excludes halogenated alkanes) is 3. The molecule has 4 atom stereocenters. The first-order valence-corrected chi connectivity index (χ1v) is 11.9. The molecule has 1 aromatic carbocycles. The van der Waals surface area contributed by atoms with Gasteiger partial charge in [0.05, 0.1) is 6.10 Å². The standard InChI is InChI=1S/C26H37NO4/c1-19(17-22(28)18-31-23-10-6-4-7-11-23)26-20(13-16-24(26)29)9-5-2-3-8-12-25(30)27-21-14-15-21/h4,6-7,10-11,13,16,19-22,26,28H,2-3,5,8-9,12,14-15,17-18H2,1H3,(H,27,30). The summed E-state index contributed by atoms with van der Waals surface area (Å²) in [5.41, 5.74) is 0. The quantitative estimate of drug-likeness (QED) is 0.430. The number of aliphatic hydroxyl groups excluding tert-OH is 1. The molecule has 0 saturated heterocycles. The first kappa shape index (κ1) is 23.5. The van der Waals surface area contributed by atoms with Gasteiger partial charge in [0.2, 0.25) is 5.91 Å². The zero-order chi connectivity index (χ0) is 22.1. The Bertz CT molecular complexity index is 728. The molecule has 2 N–H and O–H groups in total. The van der Waals surface area contributed by atoms with Gasteiger partial charge in [-0.3, -0.25) is 9.59 Å². The van der Waals surface area contributed by atoms with Crippen LogP contribution >= 0.6 is 0 Å². The topological polar surface area (TPSA) is 75.6 Å². The lowest BCUT2D eigenvalue weighted by atomic mass is 9.79. The van der Waals surface area contributed by atoms with E-state index in [-0.39, 0.29) is 36.1 Å². The Balaban J connectivity index is 1.32. The Morgan fingerprint density at radius 1 is 1.16 bits per heavy atom. The second kappa shape index (κ2) is 12.0. The van der Waals surface area contributed by atoms with Gasteiger partial charge in [0, 0.05) is 18.4 Å². The lowest BCUT2D eigenvalue weighted by Gasteiger charge is -2.26. The van der Waals surface area contributed by atoms with Gasteiger partial charge in [-0.2, -0.15) is 0 Å². The molecule has 0 aromatic heterocycles. The predicted octanol–water partition coefficient (Wildman–Crippen LogP) is 4.44. The van der Waals surface area contributed by atoms with Gasteiger partial charge in [-0.25, -0.2) is 0 Å². The van der Waals surface area contributed by atoms with Crippen LogP contribution in [0.5, 0.6) is 5.75 Å². The molecule has 31 heavy (non-hydrogen) atoms. The molecule has 3 rings (SSSR count). The number of carbonyl (C=O) groups excluding carboxylic acids is 2. The van der Waals surface area contributed by atoms with Crippen molar-refractivity contribution < 1.29 is 19.4 Å². The zero-order valence-corrected chi connectivity index (χ0v) is 18.7. The van der Waals surface area contributed by atoms with Gasteiger partial charge in [-0.1, -0.05) is 50.5 Å². The molecule has 1 aromatic rings. The molecule has 0 radical (unpaired) electrons. The fourth-order valence-electron chi connectivity index (χ4n) is 4.54. The molecular weight excluding hydrogens is 390 g/mol. The Labute approximate surface area is 186 Å². The molecular formula is C26H37NO4. The van der Waals surface area contributed by atoms with Crippen molar-refractivity contribution in [2.75, 3.05) is 6.61 Å². The minimum Gasteiger partial charge on any atom is -0.491 e. The van der Waals surface area contributed by atoms with Crippen molar-refractivity contribution in [2.45, 2.75) is 76.9 Å². The number of ketones is 1. The maximum absolute atomic E-state index is 12.4. The van der Waals surface area contributed by atoms with E-state index in [1.165, 1.54) is 0 Å². The van der Waals surface area contributed by atoms with Crippen LogP contribution in [0.25, 0.3) is 0 Å². The van der Waals surface area contributed by atoms with Crippen molar-refractivity contribution in [1.82, 2.24) is 5.32 Å². The first-order chi connectivity index (χ1) is 15.0. The third-order valence-corrected chi connectivity index (χ3v) is 6.37. The second-order valence-corrected chi connectivity index (χ2v) is 9.24. The Morgan fingerprint density at radius 3 is 2.65 bits per heavy atom. The smallest absolute Gasteiger partial charge is 0.220 e. The highest BCUT2D eigenvalue weighted by Gasteiger charge is 2.34. The number of amides is 1. The maximum Gasteiger partial charge on any atom is 0.220 e. The van der Waals surface area contributed by atoms with Crippen LogP contribution in [0.3, 0.4) is 0 Å². The fourth-order valence-corrected chi connectivity index (χ4v) is 4.54. The number of carbonyl (C=O) groups is 2. The molecule has 2 aliphatic carbocycles. The van der Waals surface area contributed by atoms with E-state index in [0.717, 1.165) is 50.7 Å². The summed E-state index contributed by atoms with van der Waals surface area (Å²) in [4.78, 5) is 24.2. The van der Waals surface area contributed by atoms with Crippen molar-refractivity contribution >= 4 is 11.7 Å². The van der Waals surface area contributed by atoms with E-state index in [0.29, 0.717) is 18.9 Å². The van der Waals surface area contributed by atoms with Gasteiger partial charge in [0.1, 0.15) is 12.4 Å². The van der Waals surface area contributed by atoms with Crippen LogP contribution in [0.4, 0.5) is 0 Å². The van der Waals surface area contributed by atoms with Gasteiger partial charge in [0.25, 0.3) is 0 Å². The average Bonchev–Trinajstić information content (AvgIpc) is 3.49. The van der Waals surface area contributed by atoms with E-state index in [9.17, 15) is 14.7 Å². The molecule has 0 bridgehead atoms. The van der Waals surface area contributed by atoms with E-state index in [2.05, 4.69) is 18.3 Å². The van der Waals surface area contributed by atoms with Crippen LogP contribution in [0, 0.1) is 17.8 Å². The minimum atomic E-state index is -0.592. The van der Waals surface area contributed by atoms with E-state index in [1.807, 2.05) is 30.3 Å². The van der Waals surface area contributed by atoms with Crippen molar-refractivity contribution in [3.05, 3.63) is 42.5 Å². The number of para-hydroxylation sites is 1. The number of hydrogen-bond donors (Lipinski definition) is 2. The SMILES string of the molecule is CC(CC(O)COc1ccccc1)C1C(=O)C=CC1CCCCCCC(=O)NC1CC1. The second-order valence-electron chi connectivity index (χ2n) is 9.24. The van der Waals surface area contributed by atoms with E-state index < -0.39 is 6.10 Å². The molecule has 0 spiro atoms. The Morgan fingerprint density at radius 2 is 1.90 bits per heavy atom. The number of ether oxygens (including phenoxy) is 1. The normalized spacial score (nSPS) is 22.3. The number of rotatable bonds is 14. The molecule has 4 unspecified atom stereocenters. The Hall–Kier alpha value is -2.14. The summed E-state index contributed by atoms with van der Waals surface area (Å²) in [6.07, 6.45) is 11.8. The monoisotopic (exact) mass is 427 g/mol. The first-order valence-electron chi connectivity index (χ1n) is 11.9. The van der Waals surface area contributed by atoms with Crippen LogP contribution in [-0.2, 0) is 9.59 Å². The van der Waals surface area contributed by atoms with Crippen LogP contribution < -0.4 is 10.1 Å². The summed E-state index contributed by atoms with van der Waals surface area (Å²) in [5.74, 6) is 1.43. The van der Waals surface area contributed by atoms with Crippen LogP contribution in [0.2, 0.25) is 0 Å². The van der Waals surface area contributed by atoms with Crippen molar-refractivity contribution in [3.8, 4) is 5.75 Å². The molecule has 170 valence electrons. The molecule has 0 aliphatic heterocycles. The van der Waals surface area contributed by atoms with E-state index in [4.69, 9.17) is 4.74 Å². The molecule has 2 aliphatic rings. The highest BCUT2D eigenvalue weighted by Crippen LogP contribution is 2.35.